The number of aliphatic carboxylic acids is 1. The van der Waals surface area contributed by atoms with Gasteiger partial charge in [0.15, 0.2) is 0 Å². The molecule has 2 amide bonds. The fourth-order valence-corrected chi connectivity index (χ4v) is 2.52. The summed E-state index contributed by atoms with van der Waals surface area (Å²) in [5.41, 5.74) is -0.907. The van der Waals surface area contributed by atoms with Gasteiger partial charge in [-0.05, 0) is 32.9 Å². The minimum atomic E-state index is -1.27. The molecule has 0 saturated carbocycles. The molecule has 0 aliphatic carbocycles. The van der Waals surface area contributed by atoms with Crippen LogP contribution in [0, 0.1) is 5.82 Å². The monoisotopic (exact) mass is 352 g/mol. The van der Waals surface area contributed by atoms with Crippen molar-refractivity contribution in [3.8, 4) is 0 Å². The van der Waals surface area contributed by atoms with Crippen LogP contribution < -0.4 is 0 Å². The summed E-state index contributed by atoms with van der Waals surface area (Å²) in [5.74, 6) is -2.70. The highest BCUT2D eigenvalue weighted by atomic mass is 19.1. The number of carbonyl (C=O) groups is 3. The summed E-state index contributed by atoms with van der Waals surface area (Å²) >= 11 is 0. The van der Waals surface area contributed by atoms with Gasteiger partial charge in [0.1, 0.15) is 17.5 Å². The van der Waals surface area contributed by atoms with E-state index in [2.05, 4.69) is 0 Å². The molecule has 136 valence electrons. The molecule has 1 saturated heterocycles. The minimum Gasteiger partial charge on any atom is -0.480 e. The Labute approximate surface area is 145 Å². The second-order valence-electron chi connectivity index (χ2n) is 6.76. The van der Waals surface area contributed by atoms with Gasteiger partial charge in [0.2, 0.25) is 0 Å². The summed E-state index contributed by atoms with van der Waals surface area (Å²) in [7, 11) is 0. The second kappa shape index (κ2) is 7.08. The molecule has 1 N–H and O–H groups in total. The third kappa shape index (κ3) is 4.46. The smallest absolute Gasteiger partial charge is 0.410 e. The zero-order valence-corrected chi connectivity index (χ0v) is 14.4. The van der Waals surface area contributed by atoms with Gasteiger partial charge in [-0.1, -0.05) is 12.1 Å². The van der Waals surface area contributed by atoms with E-state index < -0.39 is 35.4 Å². The molecular weight excluding hydrogens is 331 g/mol. The molecule has 7 nitrogen and oxygen atoms in total. The number of carboxylic acid groups (broad SMARTS) is 1. The van der Waals surface area contributed by atoms with Crippen LogP contribution in [0.25, 0.3) is 0 Å². The largest absolute Gasteiger partial charge is 0.480 e. The molecule has 8 heteroatoms. The summed E-state index contributed by atoms with van der Waals surface area (Å²) < 4.78 is 19.1. The van der Waals surface area contributed by atoms with E-state index in [0.29, 0.717) is 0 Å². The van der Waals surface area contributed by atoms with E-state index in [9.17, 15) is 23.9 Å². The van der Waals surface area contributed by atoms with E-state index in [0.717, 1.165) is 11.0 Å². The van der Waals surface area contributed by atoms with Crippen molar-refractivity contribution in [3.05, 3.63) is 35.6 Å². The van der Waals surface area contributed by atoms with Gasteiger partial charge in [0, 0.05) is 13.1 Å². The number of carboxylic acids is 1. The van der Waals surface area contributed by atoms with Crippen molar-refractivity contribution in [3.63, 3.8) is 0 Å². The highest BCUT2D eigenvalue weighted by molar-refractivity contribution is 5.97. The average molecular weight is 352 g/mol. The topological polar surface area (TPSA) is 87.2 Å². The van der Waals surface area contributed by atoms with Gasteiger partial charge in [-0.15, -0.1) is 0 Å². The number of amides is 2. The van der Waals surface area contributed by atoms with Crippen LogP contribution in [0.5, 0.6) is 0 Å². The summed E-state index contributed by atoms with van der Waals surface area (Å²) in [6.07, 6.45) is -0.642. The molecule has 1 atom stereocenters. The number of piperazine rings is 1. The minimum absolute atomic E-state index is 0.0244. The van der Waals surface area contributed by atoms with Crippen LogP contribution in [0.1, 0.15) is 31.1 Å². The van der Waals surface area contributed by atoms with Crippen molar-refractivity contribution < 1.29 is 28.6 Å². The molecule has 0 spiro atoms. The molecule has 1 aromatic rings. The Kier molecular flexibility index (Phi) is 5.30. The fourth-order valence-electron chi connectivity index (χ4n) is 2.52. The Morgan fingerprint density at radius 2 is 1.84 bits per heavy atom. The lowest BCUT2D eigenvalue weighted by Gasteiger charge is -2.39. The number of hydrogen-bond donors (Lipinski definition) is 1. The van der Waals surface area contributed by atoms with Crippen LogP contribution in [0.4, 0.5) is 9.18 Å². The van der Waals surface area contributed by atoms with Gasteiger partial charge in [0.05, 0.1) is 12.1 Å². The molecule has 1 aliphatic heterocycles. The number of hydrogen-bond acceptors (Lipinski definition) is 4. The molecule has 1 aromatic carbocycles. The zero-order valence-electron chi connectivity index (χ0n) is 14.4. The third-order valence-corrected chi connectivity index (χ3v) is 3.68. The van der Waals surface area contributed by atoms with Gasteiger partial charge in [-0.25, -0.2) is 14.0 Å². The van der Waals surface area contributed by atoms with E-state index in [1.807, 2.05) is 0 Å². The van der Waals surface area contributed by atoms with Gasteiger partial charge in [-0.3, -0.25) is 4.79 Å². The Balaban J connectivity index is 2.17. The van der Waals surface area contributed by atoms with Crippen molar-refractivity contribution in [1.29, 1.82) is 0 Å². The molecule has 25 heavy (non-hydrogen) atoms. The van der Waals surface area contributed by atoms with Crippen LogP contribution in [-0.2, 0) is 9.53 Å². The number of ether oxygens (including phenoxy) is 1. The van der Waals surface area contributed by atoms with Crippen LogP contribution in [0.15, 0.2) is 24.3 Å². The first-order valence-corrected chi connectivity index (χ1v) is 7.86. The second-order valence-corrected chi connectivity index (χ2v) is 6.76. The predicted molar refractivity (Wildman–Crippen MR) is 86.7 cm³/mol. The number of benzene rings is 1. The molecule has 0 unspecified atom stereocenters. The number of nitrogens with zero attached hydrogens (tertiary/aromatic N) is 2. The van der Waals surface area contributed by atoms with Gasteiger partial charge >= 0.3 is 12.1 Å². The van der Waals surface area contributed by atoms with E-state index in [-0.39, 0.29) is 25.2 Å². The number of carbonyl (C=O) groups excluding carboxylic acids is 2. The Morgan fingerprint density at radius 3 is 2.40 bits per heavy atom. The van der Waals surface area contributed by atoms with Crippen LogP contribution in [-0.4, -0.2) is 64.2 Å². The van der Waals surface area contributed by atoms with Crippen molar-refractivity contribution in [2.75, 3.05) is 19.6 Å². The first-order valence-electron chi connectivity index (χ1n) is 7.86. The van der Waals surface area contributed by atoms with Crippen molar-refractivity contribution in [2.45, 2.75) is 32.4 Å². The molecule has 1 aliphatic rings. The van der Waals surface area contributed by atoms with Gasteiger partial charge < -0.3 is 19.6 Å². The maximum atomic E-state index is 13.8. The normalized spacial score (nSPS) is 18.0. The van der Waals surface area contributed by atoms with E-state index in [1.54, 1.807) is 20.8 Å². The molecule has 0 bridgehead atoms. The Morgan fingerprint density at radius 1 is 1.20 bits per heavy atom. The van der Waals surface area contributed by atoms with Crippen molar-refractivity contribution in [1.82, 2.24) is 9.80 Å². The van der Waals surface area contributed by atoms with Crippen LogP contribution >= 0.6 is 0 Å². The van der Waals surface area contributed by atoms with Crippen LogP contribution in [0.2, 0.25) is 0 Å². The lowest BCUT2D eigenvalue weighted by molar-refractivity contribution is -0.144. The quantitative estimate of drug-likeness (QED) is 0.879. The first-order chi connectivity index (χ1) is 11.6. The maximum absolute atomic E-state index is 13.8. The van der Waals surface area contributed by atoms with E-state index >= 15 is 0 Å². The molecule has 0 radical (unpaired) electrons. The molecule has 1 heterocycles. The summed E-state index contributed by atoms with van der Waals surface area (Å²) in [6, 6.07) is 4.12. The zero-order chi connectivity index (χ0) is 18.8. The SMILES string of the molecule is CC(C)(C)OC(=O)N1CCN(C(=O)c2ccccc2F)[C@H](C(=O)O)C1. The van der Waals surface area contributed by atoms with Crippen LogP contribution in [0.3, 0.4) is 0 Å². The van der Waals surface area contributed by atoms with Gasteiger partial charge in [0.25, 0.3) is 5.91 Å². The highest BCUT2D eigenvalue weighted by Crippen LogP contribution is 2.19. The predicted octanol–water partition coefficient (Wildman–Crippen LogP) is 1.97. The van der Waals surface area contributed by atoms with Gasteiger partial charge in [-0.2, -0.15) is 0 Å². The van der Waals surface area contributed by atoms with Crippen molar-refractivity contribution in [2.24, 2.45) is 0 Å². The maximum Gasteiger partial charge on any atom is 0.410 e. The number of rotatable bonds is 2. The lowest BCUT2D eigenvalue weighted by atomic mass is 10.1. The average Bonchev–Trinajstić information content (AvgIpc) is 2.52. The summed E-state index contributed by atoms with van der Waals surface area (Å²) in [4.78, 5) is 38.5. The Bertz CT molecular complexity index is 686. The standard InChI is InChI=1S/C17H21FN2O5/c1-17(2,3)25-16(24)19-8-9-20(13(10-19)15(22)23)14(21)11-6-4-5-7-12(11)18/h4-7,13H,8-10H2,1-3H3,(H,22,23)/t13-/m0/s1. The molecule has 1 fully saturated rings. The third-order valence-electron chi connectivity index (χ3n) is 3.68. The summed E-state index contributed by atoms with van der Waals surface area (Å²) in [5, 5.41) is 9.44. The molecular formula is C17H21FN2O5. The Hall–Kier alpha value is -2.64. The fraction of sp³-hybridized carbons (Fsp3) is 0.471. The molecule has 0 aromatic heterocycles. The summed E-state index contributed by atoms with van der Waals surface area (Å²) in [6.45, 7) is 4.99. The van der Waals surface area contributed by atoms with E-state index in [1.165, 1.54) is 23.1 Å². The lowest BCUT2D eigenvalue weighted by Crippen LogP contribution is -2.60. The number of halogens is 1. The molecule has 2 rings (SSSR count). The van der Waals surface area contributed by atoms with Crippen molar-refractivity contribution >= 4 is 18.0 Å². The highest BCUT2D eigenvalue weighted by Gasteiger charge is 2.39. The van der Waals surface area contributed by atoms with E-state index in [4.69, 9.17) is 4.74 Å². The first kappa shape index (κ1) is 18.7.